The predicted molar refractivity (Wildman–Crippen MR) is 46.7 cm³/mol. The van der Waals surface area contributed by atoms with Crippen molar-refractivity contribution in [1.82, 2.24) is 15.6 Å². The van der Waals surface area contributed by atoms with Crippen LogP contribution >= 0.6 is 0 Å². The first kappa shape index (κ1) is 10.5. The van der Waals surface area contributed by atoms with E-state index in [-0.39, 0.29) is 24.8 Å². The molecule has 0 bridgehead atoms. The number of nitrogens with one attached hydrogen (secondary N) is 2. The number of amides is 4. The van der Waals surface area contributed by atoms with Gasteiger partial charge in [-0.2, -0.15) is 0 Å². The Bertz CT molecular complexity index is 278. The molecule has 0 aromatic rings. The average molecular weight is 200 g/mol. The zero-order valence-corrected chi connectivity index (χ0v) is 7.74. The monoisotopic (exact) mass is 200 g/mol. The first-order chi connectivity index (χ1) is 6.56. The Morgan fingerprint density at radius 1 is 1.64 bits per heavy atom. The van der Waals surface area contributed by atoms with Gasteiger partial charge in [0.15, 0.2) is 0 Å². The Labute approximate surface area is 80.6 Å². The molecule has 1 unspecified atom stereocenters. The van der Waals surface area contributed by atoms with E-state index < -0.39 is 12.1 Å². The lowest BCUT2D eigenvalue weighted by molar-refractivity contribution is -0.123. The van der Waals surface area contributed by atoms with E-state index in [9.17, 15) is 14.4 Å². The van der Waals surface area contributed by atoms with Crippen LogP contribution in [0.25, 0.3) is 0 Å². The van der Waals surface area contributed by atoms with Crippen LogP contribution < -0.4 is 16.6 Å². The maximum absolute atomic E-state index is 11.1. The third kappa shape index (κ3) is 1.99. The molecule has 1 saturated heterocycles. The minimum Gasteiger partial charge on any atom is -0.312 e. The van der Waals surface area contributed by atoms with Crippen molar-refractivity contribution in [3.8, 4) is 0 Å². The Balaban J connectivity index is 2.48. The van der Waals surface area contributed by atoms with E-state index >= 15 is 0 Å². The highest BCUT2D eigenvalue weighted by atomic mass is 16.2. The fraction of sp³-hybridized carbons (Fsp3) is 0.571. The van der Waals surface area contributed by atoms with Gasteiger partial charge in [0.1, 0.15) is 6.04 Å². The highest BCUT2D eigenvalue weighted by molar-refractivity contribution is 6.04. The van der Waals surface area contributed by atoms with Gasteiger partial charge in [-0.05, 0) is 6.92 Å². The van der Waals surface area contributed by atoms with E-state index in [4.69, 9.17) is 5.84 Å². The molecule has 7 heteroatoms. The minimum atomic E-state index is -0.520. The van der Waals surface area contributed by atoms with Gasteiger partial charge in [0.2, 0.25) is 5.91 Å². The second-order valence-corrected chi connectivity index (χ2v) is 2.98. The van der Waals surface area contributed by atoms with Crippen molar-refractivity contribution in [2.24, 2.45) is 5.84 Å². The first-order valence-corrected chi connectivity index (χ1v) is 4.17. The van der Waals surface area contributed by atoms with Gasteiger partial charge in [-0.3, -0.25) is 20.3 Å². The van der Waals surface area contributed by atoms with Crippen LogP contribution in [0.4, 0.5) is 4.79 Å². The number of hydrogen-bond acceptors (Lipinski definition) is 4. The molecular formula is C7H12N4O3. The van der Waals surface area contributed by atoms with Crippen molar-refractivity contribution in [3.63, 3.8) is 0 Å². The molecule has 1 fully saturated rings. The Morgan fingerprint density at radius 3 is 2.71 bits per heavy atom. The number of carbonyl (C=O) groups is 3. The Kier molecular flexibility index (Phi) is 3.03. The molecule has 1 aliphatic rings. The lowest BCUT2D eigenvalue weighted by Gasteiger charge is -2.17. The number of urea groups is 1. The number of hydrazine groups is 1. The van der Waals surface area contributed by atoms with Gasteiger partial charge in [-0.1, -0.05) is 0 Å². The summed E-state index contributed by atoms with van der Waals surface area (Å²) in [6.07, 6.45) is 0.0849. The van der Waals surface area contributed by atoms with Crippen LogP contribution in [-0.2, 0) is 9.59 Å². The van der Waals surface area contributed by atoms with Crippen molar-refractivity contribution >= 4 is 17.8 Å². The molecule has 0 radical (unpaired) electrons. The largest absolute Gasteiger partial charge is 0.324 e. The number of hydrogen-bond donors (Lipinski definition) is 3. The number of nitrogens with two attached hydrogens (primary N) is 1. The van der Waals surface area contributed by atoms with Crippen LogP contribution in [-0.4, -0.2) is 35.3 Å². The minimum absolute atomic E-state index is 0.0849. The van der Waals surface area contributed by atoms with E-state index in [1.165, 1.54) is 4.90 Å². The molecule has 7 nitrogen and oxygen atoms in total. The standard InChI is InChI=1S/C7H12N4O3/c1-4-6(13)9-7(14)11(4)3-2-5(12)10-8/h4H,2-3,8H2,1H3,(H,10,12)(H,9,13,14). The van der Waals surface area contributed by atoms with Gasteiger partial charge in [0, 0.05) is 13.0 Å². The predicted octanol–water partition coefficient (Wildman–Crippen LogP) is -1.69. The molecule has 0 aromatic carbocycles. The quantitative estimate of drug-likeness (QED) is 0.219. The van der Waals surface area contributed by atoms with Crippen LogP contribution in [0, 0.1) is 0 Å². The summed E-state index contributed by atoms with van der Waals surface area (Å²) in [5.74, 6) is 4.15. The van der Waals surface area contributed by atoms with Crippen molar-refractivity contribution in [2.75, 3.05) is 6.54 Å². The second kappa shape index (κ2) is 4.05. The number of imide groups is 1. The van der Waals surface area contributed by atoms with E-state index in [2.05, 4.69) is 5.32 Å². The van der Waals surface area contributed by atoms with E-state index in [0.717, 1.165) is 0 Å². The zero-order chi connectivity index (χ0) is 10.7. The third-order valence-corrected chi connectivity index (χ3v) is 2.08. The number of rotatable bonds is 3. The van der Waals surface area contributed by atoms with Crippen LogP contribution in [0.1, 0.15) is 13.3 Å². The van der Waals surface area contributed by atoms with Gasteiger partial charge >= 0.3 is 6.03 Å². The maximum atomic E-state index is 11.1. The highest BCUT2D eigenvalue weighted by Crippen LogP contribution is 2.07. The summed E-state index contributed by atoms with van der Waals surface area (Å²) >= 11 is 0. The normalized spacial score (nSPS) is 21.0. The summed E-state index contributed by atoms with van der Waals surface area (Å²) in [5, 5.41) is 2.14. The summed E-state index contributed by atoms with van der Waals surface area (Å²) in [6, 6.07) is -0.986. The van der Waals surface area contributed by atoms with E-state index in [1.54, 1.807) is 6.92 Å². The van der Waals surface area contributed by atoms with Gasteiger partial charge in [-0.15, -0.1) is 0 Å². The fourth-order valence-corrected chi connectivity index (χ4v) is 1.19. The second-order valence-electron chi connectivity index (χ2n) is 2.98. The Hall–Kier alpha value is -1.63. The van der Waals surface area contributed by atoms with Crippen molar-refractivity contribution in [3.05, 3.63) is 0 Å². The summed E-state index contributed by atoms with van der Waals surface area (Å²) < 4.78 is 0. The first-order valence-electron chi connectivity index (χ1n) is 4.17. The fourth-order valence-electron chi connectivity index (χ4n) is 1.19. The molecule has 1 rings (SSSR count). The number of nitrogens with zero attached hydrogens (tertiary/aromatic N) is 1. The van der Waals surface area contributed by atoms with Gasteiger partial charge in [0.25, 0.3) is 5.91 Å². The van der Waals surface area contributed by atoms with Gasteiger partial charge in [-0.25, -0.2) is 10.6 Å². The maximum Gasteiger partial charge on any atom is 0.324 e. The topological polar surface area (TPSA) is 105 Å². The molecule has 1 atom stereocenters. The molecule has 78 valence electrons. The summed E-state index contributed by atoms with van der Waals surface area (Å²) in [7, 11) is 0. The average Bonchev–Trinajstić information content (AvgIpc) is 2.39. The van der Waals surface area contributed by atoms with Crippen LogP contribution in [0.5, 0.6) is 0 Å². The molecule has 0 spiro atoms. The number of carbonyl (C=O) groups excluding carboxylic acids is 3. The summed E-state index contributed by atoms with van der Waals surface area (Å²) in [6.45, 7) is 1.78. The van der Waals surface area contributed by atoms with E-state index in [0.29, 0.717) is 0 Å². The molecule has 0 aromatic heterocycles. The molecular weight excluding hydrogens is 188 g/mol. The molecule has 4 amide bonds. The molecule has 14 heavy (non-hydrogen) atoms. The molecule has 0 saturated carbocycles. The Morgan fingerprint density at radius 2 is 2.29 bits per heavy atom. The van der Waals surface area contributed by atoms with Crippen LogP contribution in [0.3, 0.4) is 0 Å². The van der Waals surface area contributed by atoms with E-state index in [1.807, 2.05) is 5.43 Å². The summed E-state index contributed by atoms with van der Waals surface area (Å²) in [5.41, 5.74) is 1.95. The molecule has 4 N–H and O–H groups in total. The lowest BCUT2D eigenvalue weighted by atomic mass is 10.3. The lowest BCUT2D eigenvalue weighted by Crippen LogP contribution is -2.38. The van der Waals surface area contributed by atoms with Gasteiger partial charge in [0.05, 0.1) is 0 Å². The summed E-state index contributed by atoms with van der Waals surface area (Å²) in [4.78, 5) is 34.2. The van der Waals surface area contributed by atoms with Crippen LogP contribution in [0.2, 0.25) is 0 Å². The van der Waals surface area contributed by atoms with Crippen LogP contribution in [0.15, 0.2) is 0 Å². The molecule has 0 aliphatic carbocycles. The zero-order valence-electron chi connectivity index (χ0n) is 7.74. The third-order valence-electron chi connectivity index (χ3n) is 2.08. The SMILES string of the molecule is CC1C(=O)NC(=O)N1CCC(=O)NN. The van der Waals surface area contributed by atoms with Crippen molar-refractivity contribution < 1.29 is 14.4 Å². The molecule has 1 aliphatic heterocycles. The van der Waals surface area contributed by atoms with Gasteiger partial charge < -0.3 is 4.90 Å². The van der Waals surface area contributed by atoms with Crippen molar-refractivity contribution in [2.45, 2.75) is 19.4 Å². The molecule has 1 heterocycles. The highest BCUT2D eigenvalue weighted by Gasteiger charge is 2.34. The van der Waals surface area contributed by atoms with Crippen molar-refractivity contribution in [1.29, 1.82) is 0 Å². The smallest absolute Gasteiger partial charge is 0.312 e.